The van der Waals surface area contributed by atoms with Gasteiger partial charge in [-0.05, 0) is 42.2 Å². The van der Waals surface area contributed by atoms with E-state index in [1.807, 2.05) is 0 Å². The van der Waals surface area contributed by atoms with Gasteiger partial charge in [0, 0.05) is 29.4 Å². The fourth-order valence-corrected chi connectivity index (χ4v) is 5.72. The number of H-pyrrole nitrogens is 1. The summed E-state index contributed by atoms with van der Waals surface area (Å²) >= 11 is 1.23. The maximum atomic E-state index is 14.1. The van der Waals surface area contributed by atoms with E-state index in [9.17, 15) is 14.0 Å². The number of carbonyl (C=O) groups excluding carboxylic acids is 1. The Balaban J connectivity index is 1.62. The molecular weight excluding hydrogens is 497 g/mol. The molecule has 2 aliphatic rings. The Kier molecular flexibility index (Phi) is 6.92. The average molecular weight is 524 g/mol. The molecular formula is C27H26FN3O5S. The molecule has 0 saturated heterocycles. The molecule has 1 aliphatic carbocycles. The number of rotatable bonds is 7. The highest BCUT2D eigenvalue weighted by Crippen LogP contribution is 2.47. The molecule has 37 heavy (non-hydrogen) atoms. The van der Waals surface area contributed by atoms with Crippen LogP contribution in [0.5, 0.6) is 17.2 Å². The topological polar surface area (TPSA) is 103 Å². The van der Waals surface area contributed by atoms with Gasteiger partial charge in [-0.3, -0.25) is 9.59 Å². The van der Waals surface area contributed by atoms with Crippen molar-refractivity contribution in [2.24, 2.45) is 0 Å². The summed E-state index contributed by atoms with van der Waals surface area (Å²) in [4.78, 5) is 34.2. The van der Waals surface area contributed by atoms with E-state index in [2.05, 4.69) is 15.3 Å². The molecule has 10 heteroatoms. The Morgan fingerprint density at radius 3 is 2.46 bits per heavy atom. The monoisotopic (exact) mass is 523 g/mol. The van der Waals surface area contributed by atoms with Crippen LogP contribution < -0.4 is 25.1 Å². The second kappa shape index (κ2) is 10.3. The van der Waals surface area contributed by atoms with Crippen molar-refractivity contribution in [3.05, 3.63) is 80.5 Å². The average Bonchev–Trinajstić information content (AvgIpc) is 2.90. The summed E-state index contributed by atoms with van der Waals surface area (Å²) in [5.41, 5.74) is 2.42. The zero-order valence-electron chi connectivity index (χ0n) is 20.6. The largest absolute Gasteiger partial charge is 0.493 e. The molecule has 0 saturated carbocycles. The lowest BCUT2D eigenvalue weighted by atomic mass is 9.76. The highest BCUT2D eigenvalue weighted by atomic mass is 32.2. The first-order valence-electron chi connectivity index (χ1n) is 11.8. The van der Waals surface area contributed by atoms with Gasteiger partial charge in [0.2, 0.25) is 5.75 Å². The molecule has 5 rings (SSSR count). The van der Waals surface area contributed by atoms with Gasteiger partial charge in [0.25, 0.3) is 5.56 Å². The van der Waals surface area contributed by atoms with Crippen molar-refractivity contribution in [2.75, 3.05) is 26.6 Å². The molecule has 2 N–H and O–H groups in total. The minimum Gasteiger partial charge on any atom is -0.493 e. The number of aromatic amines is 1. The van der Waals surface area contributed by atoms with Crippen LogP contribution in [0.4, 0.5) is 10.2 Å². The number of nitrogens with one attached hydrogen (secondary N) is 2. The third-order valence-electron chi connectivity index (χ3n) is 6.58. The number of methoxy groups -OCH3 is 3. The quantitative estimate of drug-likeness (QED) is 0.337. The van der Waals surface area contributed by atoms with Crippen LogP contribution in [0.25, 0.3) is 0 Å². The van der Waals surface area contributed by atoms with Gasteiger partial charge in [0.05, 0.1) is 26.9 Å². The number of hydrogen-bond acceptors (Lipinski definition) is 8. The third-order valence-corrected chi connectivity index (χ3v) is 7.50. The minimum atomic E-state index is -0.672. The summed E-state index contributed by atoms with van der Waals surface area (Å²) < 4.78 is 30.6. The predicted octanol–water partition coefficient (Wildman–Crippen LogP) is 4.79. The normalized spacial score (nSPS) is 16.5. The van der Waals surface area contributed by atoms with E-state index >= 15 is 0 Å². The van der Waals surface area contributed by atoms with Gasteiger partial charge in [0.15, 0.2) is 22.4 Å². The maximum absolute atomic E-state index is 14.1. The summed E-state index contributed by atoms with van der Waals surface area (Å²) in [6.07, 6.45) is 1.77. The van der Waals surface area contributed by atoms with E-state index in [0.717, 1.165) is 5.70 Å². The van der Waals surface area contributed by atoms with E-state index in [1.165, 1.54) is 39.2 Å². The number of thioether (sulfide) groups is 1. The number of hydrogen-bond donors (Lipinski definition) is 2. The molecule has 1 aromatic heterocycles. The van der Waals surface area contributed by atoms with Crippen LogP contribution in [-0.4, -0.2) is 37.1 Å². The standard InChI is InChI=1S/C27H26FN3O5S/c1-34-19-11-15(12-20(35-2)24(19)36-3)21-22-17(9-6-10-18(22)32)29-25-23(21)26(33)31-27(30-25)37-13-14-7-4-5-8-16(14)28/h4-5,7-8,11-12,21H,6,9-10,13H2,1-3H3,(H2,29,30,31,33)/t21-/m0/s1. The Morgan fingerprint density at radius 2 is 1.78 bits per heavy atom. The fourth-order valence-electron chi connectivity index (χ4n) is 4.87. The molecule has 0 spiro atoms. The number of benzene rings is 2. The Labute approximate surface area is 217 Å². The van der Waals surface area contributed by atoms with E-state index in [1.54, 1.807) is 30.3 Å². The second-order valence-electron chi connectivity index (χ2n) is 8.70. The zero-order chi connectivity index (χ0) is 26.1. The van der Waals surface area contributed by atoms with Gasteiger partial charge in [-0.1, -0.05) is 30.0 Å². The first-order chi connectivity index (χ1) is 17.9. The molecule has 2 aromatic carbocycles. The summed E-state index contributed by atoms with van der Waals surface area (Å²) in [6, 6.07) is 10.0. The zero-order valence-corrected chi connectivity index (χ0v) is 21.5. The number of nitrogens with zero attached hydrogens (tertiary/aromatic N) is 1. The Bertz CT molecular complexity index is 1440. The molecule has 0 unspecified atom stereocenters. The van der Waals surface area contributed by atoms with Crippen LogP contribution in [0.1, 0.15) is 41.9 Å². The van der Waals surface area contributed by atoms with Crippen molar-refractivity contribution < 1.29 is 23.4 Å². The molecule has 2 heterocycles. The Morgan fingerprint density at radius 1 is 1.05 bits per heavy atom. The number of allylic oxidation sites excluding steroid dienone is 2. The van der Waals surface area contributed by atoms with E-state index in [4.69, 9.17) is 14.2 Å². The van der Waals surface area contributed by atoms with Crippen LogP contribution in [0.2, 0.25) is 0 Å². The van der Waals surface area contributed by atoms with E-state index in [0.29, 0.717) is 75.5 Å². The molecule has 0 radical (unpaired) electrons. The van der Waals surface area contributed by atoms with Crippen molar-refractivity contribution in [3.63, 3.8) is 0 Å². The van der Waals surface area contributed by atoms with Gasteiger partial charge in [-0.15, -0.1) is 0 Å². The van der Waals surface area contributed by atoms with Crippen molar-refractivity contribution in [2.45, 2.75) is 36.1 Å². The van der Waals surface area contributed by atoms with E-state index < -0.39 is 5.92 Å². The first kappa shape index (κ1) is 24.9. The number of carbonyl (C=O) groups is 1. The number of anilines is 1. The highest BCUT2D eigenvalue weighted by molar-refractivity contribution is 7.98. The number of halogens is 1. The van der Waals surface area contributed by atoms with Crippen molar-refractivity contribution in [1.29, 1.82) is 0 Å². The predicted molar refractivity (Wildman–Crippen MR) is 138 cm³/mol. The molecule has 1 aliphatic heterocycles. The van der Waals surface area contributed by atoms with Crippen LogP contribution in [0.3, 0.4) is 0 Å². The molecule has 1 atom stereocenters. The minimum absolute atomic E-state index is 0.0180. The lowest BCUT2D eigenvalue weighted by molar-refractivity contribution is -0.116. The third kappa shape index (κ3) is 4.57. The smallest absolute Gasteiger partial charge is 0.257 e. The second-order valence-corrected chi connectivity index (χ2v) is 9.66. The molecule has 3 aromatic rings. The molecule has 192 valence electrons. The van der Waals surface area contributed by atoms with Crippen LogP contribution in [0, 0.1) is 5.82 Å². The van der Waals surface area contributed by atoms with Gasteiger partial charge in [-0.25, -0.2) is 9.37 Å². The van der Waals surface area contributed by atoms with Gasteiger partial charge in [-0.2, -0.15) is 0 Å². The molecule has 0 fully saturated rings. The molecule has 8 nitrogen and oxygen atoms in total. The molecule has 0 amide bonds. The lowest BCUT2D eigenvalue weighted by Gasteiger charge is -2.33. The van der Waals surface area contributed by atoms with E-state index in [-0.39, 0.29) is 17.2 Å². The summed E-state index contributed by atoms with van der Waals surface area (Å²) in [7, 11) is 4.54. The number of ether oxygens (including phenoxy) is 3. The summed E-state index contributed by atoms with van der Waals surface area (Å²) in [6.45, 7) is 0. The van der Waals surface area contributed by atoms with Crippen LogP contribution in [-0.2, 0) is 10.5 Å². The van der Waals surface area contributed by atoms with Crippen LogP contribution >= 0.6 is 11.8 Å². The van der Waals surface area contributed by atoms with Crippen molar-refractivity contribution in [1.82, 2.24) is 9.97 Å². The highest BCUT2D eigenvalue weighted by Gasteiger charge is 2.38. The number of Topliss-reactive ketones (excluding diaryl/α,β-unsaturated/α-hetero) is 1. The summed E-state index contributed by atoms with van der Waals surface area (Å²) in [5.74, 6) is 0.937. The number of fused-ring (bicyclic) bond motifs is 1. The molecule has 0 bridgehead atoms. The SMILES string of the molecule is COc1cc([C@H]2C3=C(CCCC3=O)Nc3nc(SCc4ccccc4F)[nH]c(=O)c32)cc(OC)c1OC. The lowest BCUT2D eigenvalue weighted by Crippen LogP contribution is -2.32. The fraction of sp³-hybridized carbons (Fsp3) is 0.296. The van der Waals surface area contributed by atoms with Gasteiger partial charge in [0.1, 0.15) is 11.6 Å². The number of ketones is 1. The Hall–Kier alpha value is -3.79. The number of aromatic nitrogens is 2. The maximum Gasteiger partial charge on any atom is 0.257 e. The van der Waals surface area contributed by atoms with Crippen LogP contribution in [0.15, 0.2) is 57.6 Å². The van der Waals surface area contributed by atoms with Gasteiger partial charge < -0.3 is 24.5 Å². The summed E-state index contributed by atoms with van der Waals surface area (Å²) in [5, 5.41) is 3.61. The van der Waals surface area contributed by atoms with Gasteiger partial charge >= 0.3 is 0 Å². The van der Waals surface area contributed by atoms with Crippen molar-refractivity contribution in [3.8, 4) is 17.2 Å². The van der Waals surface area contributed by atoms with Crippen molar-refractivity contribution >= 4 is 23.4 Å². The first-order valence-corrected chi connectivity index (χ1v) is 12.8.